The summed E-state index contributed by atoms with van der Waals surface area (Å²) in [6.45, 7) is 3.81. The topological polar surface area (TPSA) is 80.4 Å². The second-order valence-corrected chi connectivity index (χ2v) is 7.30. The molecular weight excluding hydrogens is 380 g/mol. The van der Waals surface area contributed by atoms with Crippen LogP contribution in [0.4, 0.5) is 5.69 Å². The van der Waals surface area contributed by atoms with Gasteiger partial charge in [-0.3, -0.25) is 4.79 Å². The highest BCUT2D eigenvalue weighted by atomic mass is 16.5. The van der Waals surface area contributed by atoms with E-state index in [-0.39, 0.29) is 17.8 Å². The van der Waals surface area contributed by atoms with Crippen LogP contribution in [0.2, 0.25) is 0 Å². The summed E-state index contributed by atoms with van der Waals surface area (Å²) in [6, 6.07) is 16.8. The molecule has 154 valence electrons. The van der Waals surface area contributed by atoms with Crippen molar-refractivity contribution in [1.82, 2.24) is 9.55 Å². The molecule has 2 atom stereocenters. The van der Waals surface area contributed by atoms with Gasteiger partial charge in [0.05, 0.1) is 11.2 Å². The number of para-hydroxylation sites is 1. The van der Waals surface area contributed by atoms with Crippen molar-refractivity contribution in [2.24, 2.45) is 7.05 Å². The fraction of sp³-hybridized carbons (Fsp3) is 0.348. The number of rotatable bonds is 5. The van der Waals surface area contributed by atoms with Gasteiger partial charge in [-0.2, -0.15) is 5.26 Å². The Bertz CT molecular complexity index is 1140. The van der Waals surface area contributed by atoms with Crippen molar-refractivity contribution in [3.63, 3.8) is 0 Å². The highest BCUT2D eigenvalue weighted by Crippen LogP contribution is 2.29. The number of piperidine rings is 1. The van der Waals surface area contributed by atoms with E-state index < -0.39 is 0 Å². The smallest absolute Gasteiger partial charge is 0.252 e. The van der Waals surface area contributed by atoms with Crippen LogP contribution in [0.15, 0.2) is 53.3 Å². The van der Waals surface area contributed by atoms with Crippen LogP contribution >= 0.6 is 0 Å². The standard InChI is InChI=1S/C23H24N4O3/c1-3-29-21-15-27(12-11-20(21)30-17-7-5-4-6-8-17)19-13-22(28)26(2)18-10-9-16(14-24)25-23(18)19/h4-10,13,20-21H,3,11-12,15H2,1-2H3/t20-,21-/m0/s1. The molecule has 7 nitrogen and oxygen atoms in total. The number of hydrogen-bond donors (Lipinski definition) is 0. The fourth-order valence-electron chi connectivity index (χ4n) is 3.91. The molecule has 1 saturated heterocycles. The number of ether oxygens (including phenoxy) is 2. The molecule has 3 heterocycles. The average Bonchev–Trinajstić information content (AvgIpc) is 2.78. The average molecular weight is 404 g/mol. The molecule has 0 radical (unpaired) electrons. The van der Waals surface area contributed by atoms with Crippen molar-refractivity contribution in [2.75, 3.05) is 24.6 Å². The number of aromatic nitrogens is 2. The summed E-state index contributed by atoms with van der Waals surface area (Å²) in [5.41, 5.74) is 2.29. The van der Waals surface area contributed by atoms with Crippen LogP contribution in [0.3, 0.4) is 0 Å². The molecule has 0 saturated carbocycles. The molecule has 1 fully saturated rings. The quantitative estimate of drug-likeness (QED) is 0.651. The second kappa shape index (κ2) is 8.56. The maximum Gasteiger partial charge on any atom is 0.252 e. The molecule has 0 aliphatic carbocycles. The van der Waals surface area contributed by atoms with Crippen LogP contribution in [-0.2, 0) is 11.8 Å². The van der Waals surface area contributed by atoms with Crippen molar-refractivity contribution in [1.29, 1.82) is 5.26 Å². The zero-order valence-electron chi connectivity index (χ0n) is 17.1. The highest BCUT2D eigenvalue weighted by Gasteiger charge is 2.32. The Morgan fingerprint density at radius 2 is 2.00 bits per heavy atom. The van der Waals surface area contributed by atoms with Gasteiger partial charge < -0.3 is 18.9 Å². The molecule has 1 aliphatic heterocycles. The number of hydrogen-bond acceptors (Lipinski definition) is 6. The summed E-state index contributed by atoms with van der Waals surface area (Å²) in [5, 5.41) is 9.28. The third-order valence-corrected chi connectivity index (χ3v) is 5.43. The van der Waals surface area contributed by atoms with E-state index in [2.05, 4.69) is 16.0 Å². The molecule has 3 aromatic rings. The molecule has 0 amide bonds. The minimum absolute atomic E-state index is 0.0796. The molecule has 0 unspecified atom stereocenters. The SMILES string of the molecule is CCO[C@H]1CN(c2cc(=O)n(C)c3ccc(C#N)nc23)CC[C@@H]1Oc1ccccc1. The van der Waals surface area contributed by atoms with Gasteiger partial charge in [0.25, 0.3) is 5.56 Å². The van der Waals surface area contributed by atoms with Gasteiger partial charge >= 0.3 is 0 Å². The zero-order valence-corrected chi connectivity index (χ0v) is 17.1. The normalized spacial score (nSPS) is 18.9. The number of anilines is 1. The van der Waals surface area contributed by atoms with Crippen molar-refractivity contribution >= 4 is 16.7 Å². The van der Waals surface area contributed by atoms with Crippen LogP contribution < -0.4 is 15.2 Å². The van der Waals surface area contributed by atoms with E-state index in [0.717, 1.165) is 17.9 Å². The lowest BCUT2D eigenvalue weighted by molar-refractivity contribution is -0.0279. The Labute approximate surface area is 175 Å². The van der Waals surface area contributed by atoms with Gasteiger partial charge in [0.15, 0.2) is 0 Å². The van der Waals surface area contributed by atoms with Gasteiger partial charge in [-0.15, -0.1) is 0 Å². The largest absolute Gasteiger partial charge is 0.488 e. The summed E-state index contributed by atoms with van der Waals surface area (Å²) in [6.07, 6.45) is 0.514. The second-order valence-electron chi connectivity index (χ2n) is 7.30. The molecular formula is C23H24N4O3. The van der Waals surface area contributed by atoms with Crippen LogP contribution in [0.25, 0.3) is 11.0 Å². The summed E-state index contributed by atoms with van der Waals surface area (Å²) < 4.78 is 13.8. The summed E-state index contributed by atoms with van der Waals surface area (Å²) in [7, 11) is 1.71. The van der Waals surface area contributed by atoms with E-state index in [1.54, 1.807) is 29.8 Å². The monoisotopic (exact) mass is 404 g/mol. The third-order valence-electron chi connectivity index (χ3n) is 5.43. The van der Waals surface area contributed by atoms with Crippen LogP contribution in [0, 0.1) is 11.3 Å². The van der Waals surface area contributed by atoms with E-state index in [4.69, 9.17) is 9.47 Å². The van der Waals surface area contributed by atoms with Crippen molar-refractivity contribution < 1.29 is 9.47 Å². The van der Waals surface area contributed by atoms with Gasteiger partial charge in [-0.1, -0.05) is 18.2 Å². The lowest BCUT2D eigenvalue weighted by Gasteiger charge is -2.39. The van der Waals surface area contributed by atoms with Gasteiger partial charge in [-0.25, -0.2) is 4.98 Å². The van der Waals surface area contributed by atoms with Gasteiger partial charge in [0.2, 0.25) is 0 Å². The number of aryl methyl sites for hydroxylation is 1. The van der Waals surface area contributed by atoms with Crippen LogP contribution in [0.5, 0.6) is 5.75 Å². The Hall–Kier alpha value is -3.37. The van der Waals surface area contributed by atoms with Gasteiger partial charge in [0, 0.05) is 39.2 Å². The van der Waals surface area contributed by atoms with Crippen molar-refractivity contribution in [2.45, 2.75) is 25.6 Å². The Balaban J connectivity index is 1.67. The zero-order chi connectivity index (χ0) is 21.1. The van der Waals surface area contributed by atoms with Gasteiger partial charge in [-0.05, 0) is 31.2 Å². The molecule has 1 aliphatic rings. The number of nitriles is 1. The molecule has 1 aromatic carbocycles. The third kappa shape index (κ3) is 3.87. The van der Waals surface area contributed by atoms with Crippen LogP contribution in [-0.4, -0.2) is 41.5 Å². The van der Waals surface area contributed by atoms with Crippen LogP contribution in [0.1, 0.15) is 19.0 Å². The first-order valence-corrected chi connectivity index (χ1v) is 10.1. The van der Waals surface area contributed by atoms with Gasteiger partial charge in [0.1, 0.15) is 35.2 Å². The molecule has 2 aromatic heterocycles. The van der Waals surface area contributed by atoms with E-state index in [1.165, 1.54) is 0 Å². The first-order valence-electron chi connectivity index (χ1n) is 10.1. The van der Waals surface area contributed by atoms with Crippen molar-refractivity contribution in [3.05, 3.63) is 64.6 Å². The first-order chi connectivity index (χ1) is 14.6. The number of nitrogens with zero attached hydrogens (tertiary/aromatic N) is 4. The number of benzene rings is 1. The predicted molar refractivity (Wildman–Crippen MR) is 115 cm³/mol. The number of pyridine rings is 2. The molecule has 7 heteroatoms. The summed E-state index contributed by atoms with van der Waals surface area (Å²) >= 11 is 0. The molecule has 4 rings (SSSR count). The maximum absolute atomic E-state index is 12.6. The summed E-state index contributed by atoms with van der Waals surface area (Å²) in [5.74, 6) is 0.819. The lowest BCUT2D eigenvalue weighted by Crippen LogP contribution is -2.50. The summed E-state index contributed by atoms with van der Waals surface area (Å²) in [4.78, 5) is 19.2. The van der Waals surface area contributed by atoms with E-state index in [0.29, 0.717) is 36.4 Å². The molecule has 30 heavy (non-hydrogen) atoms. The van der Waals surface area contributed by atoms with E-state index >= 15 is 0 Å². The lowest BCUT2D eigenvalue weighted by atomic mass is 10.0. The van der Waals surface area contributed by atoms with Crippen molar-refractivity contribution in [3.8, 4) is 11.8 Å². The fourth-order valence-corrected chi connectivity index (χ4v) is 3.91. The number of fused-ring (bicyclic) bond motifs is 1. The molecule has 0 N–H and O–H groups in total. The minimum atomic E-state index is -0.151. The van der Waals surface area contributed by atoms with E-state index in [1.807, 2.05) is 37.3 Å². The maximum atomic E-state index is 12.6. The minimum Gasteiger partial charge on any atom is -0.488 e. The first kappa shape index (κ1) is 19.9. The van der Waals surface area contributed by atoms with E-state index in [9.17, 15) is 10.1 Å². The Morgan fingerprint density at radius 1 is 1.20 bits per heavy atom. The Morgan fingerprint density at radius 3 is 2.73 bits per heavy atom. The predicted octanol–water partition coefficient (Wildman–Crippen LogP) is 2.87. The highest BCUT2D eigenvalue weighted by molar-refractivity contribution is 5.88. The Kier molecular flexibility index (Phi) is 5.68. The molecule has 0 spiro atoms. The molecule has 0 bridgehead atoms.